The summed E-state index contributed by atoms with van der Waals surface area (Å²) in [7, 11) is 0. The zero-order valence-electron chi connectivity index (χ0n) is 12.0. The number of hydrogen-bond donors (Lipinski definition) is 1. The SMILES string of the molecule is CC[C@H](c1ccccc1)c1nnc(SCC(C)(C)O)o1. The number of aliphatic hydroxyl groups is 1. The number of benzene rings is 1. The second kappa shape index (κ2) is 6.41. The zero-order chi connectivity index (χ0) is 14.6. The van der Waals surface area contributed by atoms with E-state index in [0.29, 0.717) is 16.9 Å². The van der Waals surface area contributed by atoms with Gasteiger partial charge in [0.2, 0.25) is 5.89 Å². The van der Waals surface area contributed by atoms with Crippen molar-refractivity contribution in [1.29, 1.82) is 0 Å². The second-order valence-electron chi connectivity index (χ2n) is 5.38. The van der Waals surface area contributed by atoms with Gasteiger partial charge in [0.25, 0.3) is 5.22 Å². The fourth-order valence-electron chi connectivity index (χ4n) is 1.90. The highest BCUT2D eigenvalue weighted by Crippen LogP contribution is 2.29. The third-order valence-corrected chi connectivity index (χ3v) is 4.14. The molecule has 0 saturated heterocycles. The van der Waals surface area contributed by atoms with Crippen molar-refractivity contribution < 1.29 is 9.52 Å². The summed E-state index contributed by atoms with van der Waals surface area (Å²) in [6.07, 6.45) is 0.905. The molecule has 0 saturated carbocycles. The van der Waals surface area contributed by atoms with Gasteiger partial charge in [0.15, 0.2) is 0 Å². The molecule has 1 aromatic heterocycles. The van der Waals surface area contributed by atoms with Crippen LogP contribution in [-0.4, -0.2) is 26.7 Å². The molecule has 4 nitrogen and oxygen atoms in total. The summed E-state index contributed by atoms with van der Waals surface area (Å²) in [6, 6.07) is 10.2. The van der Waals surface area contributed by atoms with Crippen molar-refractivity contribution in [2.45, 2.75) is 43.9 Å². The molecule has 1 heterocycles. The summed E-state index contributed by atoms with van der Waals surface area (Å²) < 4.78 is 5.72. The number of aromatic nitrogens is 2. The molecule has 0 amide bonds. The van der Waals surface area contributed by atoms with Gasteiger partial charge in [-0.2, -0.15) is 0 Å². The number of thioether (sulfide) groups is 1. The van der Waals surface area contributed by atoms with E-state index in [1.165, 1.54) is 17.3 Å². The van der Waals surface area contributed by atoms with Gasteiger partial charge in [-0.25, -0.2) is 0 Å². The Labute approximate surface area is 123 Å². The molecule has 0 spiro atoms. The van der Waals surface area contributed by atoms with Crippen LogP contribution in [0.1, 0.15) is 44.6 Å². The minimum Gasteiger partial charge on any atom is -0.415 e. The van der Waals surface area contributed by atoms with Crippen molar-refractivity contribution in [1.82, 2.24) is 10.2 Å². The van der Waals surface area contributed by atoms with Crippen LogP contribution in [0.5, 0.6) is 0 Å². The average Bonchev–Trinajstić information content (AvgIpc) is 2.87. The standard InChI is InChI=1S/C15H20N2O2S/c1-4-12(11-8-6-5-7-9-11)13-16-17-14(19-13)20-10-15(2,3)18/h5-9,12,18H,4,10H2,1-3H3/t12-/m1/s1. The van der Waals surface area contributed by atoms with E-state index >= 15 is 0 Å². The normalized spacial score (nSPS) is 13.4. The molecule has 1 N–H and O–H groups in total. The highest BCUT2D eigenvalue weighted by atomic mass is 32.2. The van der Waals surface area contributed by atoms with E-state index in [2.05, 4.69) is 29.3 Å². The van der Waals surface area contributed by atoms with Crippen LogP contribution >= 0.6 is 11.8 Å². The van der Waals surface area contributed by atoms with E-state index < -0.39 is 5.60 Å². The molecule has 1 atom stereocenters. The van der Waals surface area contributed by atoms with Gasteiger partial charge in [0, 0.05) is 5.75 Å². The molecule has 0 aliphatic carbocycles. The van der Waals surface area contributed by atoms with Gasteiger partial charge in [-0.15, -0.1) is 10.2 Å². The van der Waals surface area contributed by atoms with E-state index in [1.807, 2.05) is 18.2 Å². The highest BCUT2D eigenvalue weighted by molar-refractivity contribution is 7.99. The summed E-state index contributed by atoms with van der Waals surface area (Å²) in [6.45, 7) is 5.62. The van der Waals surface area contributed by atoms with E-state index in [4.69, 9.17) is 4.42 Å². The molecule has 20 heavy (non-hydrogen) atoms. The Morgan fingerprint density at radius 2 is 1.95 bits per heavy atom. The lowest BCUT2D eigenvalue weighted by Crippen LogP contribution is -2.21. The Balaban J connectivity index is 2.11. The van der Waals surface area contributed by atoms with Crippen LogP contribution in [0, 0.1) is 0 Å². The van der Waals surface area contributed by atoms with E-state index in [-0.39, 0.29) is 5.92 Å². The molecule has 108 valence electrons. The van der Waals surface area contributed by atoms with E-state index in [9.17, 15) is 5.11 Å². The van der Waals surface area contributed by atoms with Crippen LogP contribution in [0.2, 0.25) is 0 Å². The van der Waals surface area contributed by atoms with E-state index in [1.54, 1.807) is 13.8 Å². The average molecular weight is 292 g/mol. The zero-order valence-corrected chi connectivity index (χ0v) is 12.9. The smallest absolute Gasteiger partial charge is 0.276 e. The van der Waals surface area contributed by atoms with Gasteiger partial charge in [-0.3, -0.25) is 0 Å². The summed E-state index contributed by atoms with van der Waals surface area (Å²) >= 11 is 1.38. The first kappa shape index (κ1) is 15.1. The lowest BCUT2D eigenvalue weighted by atomic mass is 9.97. The van der Waals surface area contributed by atoms with Crippen LogP contribution in [0.25, 0.3) is 0 Å². The maximum Gasteiger partial charge on any atom is 0.276 e. The first-order valence-corrected chi connectivity index (χ1v) is 7.71. The third-order valence-electron chi connectivity index (χ3n) is 2.88. The monoisotopic (exact) mass is 292 g/mol. The summed E-state index contributed by atoms with van der Waals surface area (Å²) in [5, 5.41) is 18.4. The van der Waals surface area contributed by atoms with Gasteiger partial charge in [0.05, 0.1) is 11.5 Å². The Morgan fingerprint density at radius 3 is 2.55 bits per heavy atom. The largest absolute Gasteiger partial charge is 0.415 e. The summed E-state index contributed by atoms with van der Waals surface area (Å²) in [5.41, 5.74) is 0.431. The molecule has 0 unspecified atom stereocenters. The molecule has 1 aromatic carbocycles. The van der Waals surface area contributed by atoms with Crippen molar-refractivity contribution >= 4 is 11.8 Å². The number of rotatable bonds is 6. The van der Waals surface area contributed by atoms with Gasteiger partial charge in [-0.1, -0.05) is 49.0 Å². The minimum atomic E-state index is -0.747. The van der Waals surface area contributed by atoms with Gasteiger partial charge in [0.1, 0.15) is 0 Å². The molecule has 0 bridgehead atoms. The molecule has 2 aromatic rings. The number of nitrogens with zero attached hydrogens (tertiary/aromatic N) is 2. The second-order valence-corrected chi connectivity index (χ2v) is 6.31. The predicted molar refractivity (Wildman–Crippen MR) is 79.9 cm³/mol. The molecule has 0 fully saturated rings. The van der Waals surface area contributed by atoms with Crippen LogP contribution in [0.3, 0.4) is 0 Å². The lowest BCUT2D eigenvalue weighted by Gasteiger charge is -2.14. The van der Waals surface area contributed by atoms with Crippen molar-refractivity contribution in [3.8, 4) is 0 Å². The molecule has 0 aliphatic rings. The quantitative estimate of drug-likeness (QED) is 0.826. The van der Waals surface area contributed by atoms with Crippen molar-refractivity contribution in [3.63, 3.8) is 0 Å². The molecule has 0 radical (unpaired) electrons. The fourth-order valence-corrected chi connectivity index (χ4v) is 2.62. The van der Waals surface area contributed by atoms with Crippen molar-refractivity contribution in [2.24, 2.45) is 0 Å². The topological polar surface area (TPSA) is 59.2 Å². The Morgan fingerprint density at radius 1 is 1.25 bits per heavy atom. The lowest BCUT2D eigenvalue weighted by molar-refractivity contribution is 0.106. The molecular formula is C15H20N2O2S. The van der Waals surface area contributed by atoms with Gasteiger partial charge < -0.3 is 9.52 Å². The Bertz CT molecular complexity index is 534. The van der Waals surface area contributed by atoms with E-state index in [0.717, 1.165) is 6.42 Å². The first-order valence-electron chi connectivity index (χ1n) is 6.73. The number of hydrogen-bond acceptors (Lipinski definition) is 5. The summed E-state index contributed by atoms with van der Waals surface area (Å²) in [4.78, 5) is 0. The highest BCUT2D eigenvalue weighted by Gasteiger charge is 2.20. The predicted octanol–water partition coefficient (Wildman–Crippen LogP) is 3.47. The maximum absolute atomic E-state index is 9.71. The molecule has 5 heteroatoms. The Hall–Kier alpha value is -1.33. The van der Waals surface area contributed by atoms with Crippen LogP contribution in [0.15, 0.2) is 40.0 Å². The minimum absolute atomic E-state index is 0.125. The van der Waals surface area contributed by atoms with Crippen LogP contribution in [0.4, 0.5) is 0 Å². The fraction of sp³-hybridized carbons (Fsp3) is 0.467. The molecule has 0 aliphatic heterocycles. The van der Waals surface area contributed by atoms with Crippen LogP contribution < -0.4 is 0 Å². The van der Waals surface area contributed by atoms with Crippen LogP contribution in [-0.2, 0) is 0 Å². The summed E-state index contributed by atoms with van der Waals surface area (Å²) in [5.74, 6) is 1.29. The van der Waals surface area contributed by atoms with Crippen molar-refractivity contribution in [2.75, 3.05) is 5.75 Å². The van der Waals surface area contributed by atoms with Crippen molar-refractivity contribution in [3.05, 3.63) is 41.8 Å². The third kappa shape index (κ3) is 4.08. The van der Waals surface area contributed by atoms with Gasteiger partial charge >= 0.3 is 0 Å². The Kier molecular flexibility index (Phi) is 4.83. The van der Waals surface area contributed by atoms with Gasteiger partial charge in [-0.05, 0) is 25.8 Å². The maximum atomic E-state index is 9.71. The first-order chi connectivity index (χ1) is 9.49. The molecule has 2 rings (SSSR count). The molecular weight excluding hydrogens is 272 g/mol.